The van der Waals surface area contributed by atoms with Crippen LogP contribution in [-0.2, 0) is 13.0 Å². The average molecular weight is 344 g/mol. The van der Waals surface area contributed by atoms with Crippen molar-refractivity contribution in [1.82, 2.24) is 14.5 Å². The Morgan fingerprint density at radius 2 is 1.96 bits per heavy atom. The quantitative estimate of drug-likeness (QED) is 0.549. The van der Waals surface area contributed by atoms with Crippen molar-refractivity contribution in [3.63, 3.8) is 0 Å². The number of rotatable bonds is 8. The van der Waals surface area contributed by atoms with Gasteiger partial charge in [-0.25, -0.2) is 4.79 Å². The Kier molecular flexibility index (Phi) is 6.71. The molecule has 0 unspecified atom stereocenters. The fourth-order valence-corrected chi connectivity index (χ4v) is 2.42. The molecule has 7 heteroatoms. The molecule has 0 saturated heterocycles. The summed E-state index contributed by atoms with van der Waals surface area (Å²) in [4.78, 5) is 32.4. The van der Waals surface area contributed by atoms with Gasteiger partial charge >= 0.3 is 5.69 Å². The second kappa shape index (κ2) is 8.98. The summed E-state index contributed by atoms with van der Waals surface area (Å²) in [5.74, 6) is -0.346. The number of hydrogen-bond acceptors (Lipinski definition) is 5. The van der Waals surface area contributed by atoms with Crippen LogP contribution in [0.1, 0.15) is 17.5 Å². The lowest BCUT2D eigenvalue weighted by molar-refractivity contribution is 0.399. The topological polar surface area (TPSA) is 90.7 Å². The normalized spacial score (nSPS) is 11.5. The first-order valence-corrected chi connectivity index (χ1v) is 8.23. The summed E-state index contributed by atoms with van der Waals surface area (Å²) in [6, 6.07) is 9.63. The van der Waals surface area contributed by atoms with Crippen LogP contribution < -0.4 is 11.2 Å². The SMILES string of the molecule is CN(C)CCCN=Cc1c(O)n(CCc2ccccc2)c(=O)[nH]c1=O. The fraction of sp³-hybridized carbons (Fsp3) is 0.389. The molecule has 0 atom stereocenters. The molecule has 0 amide bonds. The third-order valence-electron chi connectivity index (χ3n) is 3.79. The minimum atomic E-state index is -0.630. The van der Waals surface area contributed by atoms with E-state index in [1.54, 1.807) is 0 Å². The van der Waals surface area contributed by atoms with Crippen molar-refractivity contribution in [1.29, 1.82) is 0 Å². The Bertz CT molecular complexity index is 822. The van der Waals surface area contributed by atoms with E-state index in [0.29, 0.717) is 13.0 Å². The zero-order valence-corrected chi connectivity index (χ0v) is 14.6. The number of nitrogens with one attached hydrogen (secondary N) is 1. The van der Waals surface area contributed by atoms with Crippen molar-refractivity contribution in [2.75, 3.05) is 27.2 Å². The summed E-state index contributed by atoms with van der Waals surface area (Å²) in [5.41, 5.74) is -0.200. The maximum Gasteiger partial charge on any atom is 0.331 e. The van der Waals surface area contributed by atoms with Gasteiger partial charge in [0.1, 0.15) is 5.56 Å². The first kappa shape index (κ1) is 18.7. The number of H-pyrrole nitrogens is 1. The van der Waals surface area contributed by atoms with Crippen molar-refractivity contribution in [3.05, 3.63) is 62.3 Å². The van der Waals surface area contributed by atoms with Crippen LogP contribution in [0.2, 0.25) is 0 Å². The summed E-state index contributed by atoms with van der Waals surface area (Å²) in [6.07, 6.45) is 2.75. The Labute approximate surface area is 146 Å². The molecule has 25 heavy (non-hydrogen) atoms. The summed E-state index contributed by atoms with van der Waals surface area (Å²) in [7, 11) is 3.95. The van der Waals surface area contributed by atoms with Gasteiger partial charge in [0, 0.05) is 19.3 Å². The minimum absolute atomic E-state index is 0.0116. The summed E-state index contributed by atoms with van der Waals surface area (Å²) >= 11 is 0. The van der Waals surface area contributed by atoms with Crippen LogP contribution in [0.4, 0.5) is 0 Å². The van der Waals surface area contributed by atoms with Gasteiger partial charge in [-0.15, -0.1) is 0 Å². The maximum atomic E-state index is 12.0. The first-order valence-electron chi connectivity index (χ1n) is 8.23. The highest BCUT2D eigenvalue weighted by Gasteiger charge is 2.12. The number of aromatic amines is 1. The second-order valence-electron chi connectivity index (χ2n) is 6.08. The van der Waals surface area contributed by atoms with Crippen LogP contribution >= 0.6 is 0 Å². The number of benzene rings is 1. The molecular weight excluding hydrogens is 320 g/mol. The highest BCUT2D eigenvalue weighted by molar-refractivity contribution is 5.81. The zero-order valence-electron chi connectivity index (χ0n) is 14.6. The monoisotopic (exact) mass is 344 g/mol. The molecule has 2 aromatic rings. The highest BCUT2D eigenvalue weighted by atomic mass is 16.3. The molecule has 1 aromatic carbocycles. The molecule has 0 fully saturated rings. The molecule has 0 spiro atoms. The molecule has 0 radical (unpaired) electrons. The van der Waals surface area contributed by atoms with Crippen molar-refractivity contribution >= 4 is 6.21 Å². The van der Waals surface area contributed by atoms with Gasteiger partial charge in [0.25, 0.3) is 5.56 Å². The fourth-order valence-electron chi connectivity index (χ4n) is 2.42. The Hall–Kier alpha value is -2.67. The van der Waals surface area contributed by atoms with Crippen molar-refractivity contribution < 1.29 is 5.11 Å². The number of aryl methyl sites for hydroxylation is 1. The largest absolute Gasteiger partial charge is 0.494 e. The average Bonchev–Trinajstić information content (AvgIpc) is 2.57. The third kappa shape index (κ3) is 5.42. The molecule has 0 aliphatic carbocycles. The predicted molar refractivity (Wildman–Crippen MR) is 98.8 cm³/mol. The standard InChI is InChI=1S/C18H24N4O3/c1-21(2)11-6-10-19-13-15-16(23)20-18(25)22(17(15)24)12-9-14-7-4-3-5-8-14/h3-5,7-8,13,24H,6,9-12H2,1-2H3,(H,20,23,25). The molecular formula is C18H24N4O3. The predicted octanol–water partition coefficient (Wildman–Crippen LogP) is 0.855. The number of nitrogens with zero attached hydrogens (tertiary/aromatic N) is 3. The van der Waals surface area contributed by atoms with E-state index in [0.717, 1.165) is 23.1 Å². The Balaban J connectivity index is 2.14. The molecule has 0 aliphatic rings. The van der Waals surface area contributed by atoms with E-state index in [4.69, 9.17) is 0 Å². The number of aromatic hydroxyl groups is 1. The zero-order chi connectivity index (χ0) is 18.2. The van der Waals surface area contributed by atoms with E-state index in [9.17, 15) is 14.7 Å². The van der Waals surface area contributed by atoms with E-state index in [1.807, 2.05) is 49.3 Å². The lowest BCUT2D eigenvalue weighted by atomic mass is 10.1. The number of aromatic nitrogens is 2. The number of aliphatic imine (C=N–C) groups is 1. The molecule has 2 N–H and O–H groups in total. The van der Waals surface area contributed by atoms with Crippen molar-refractivity contribution in [2.45, 2.75) is 19.4 Å². The molecule has 0 aliphatic heterocycles. The molecule has 1 heterocycles. The van der Waals surface area contributed by atoms with Crippen LogP contribution in [0.15, 0.2) is 44.9 Å². The van der Waals surface area contributed by atoms with Gasteiger partial charge in [0.05, 0.1) is 0 Å². The van der Waals surface area contributed by atoms with E-state index in [2.05, 4.69) is 9.98 Å². The number of hydrogen-bond donors (Lipinski definition) is 2. The Morgan fingerprint density at radius 3 is 2.64 bits per heavy atom. The van der Waals surface area contributed by atoms with Crippen LogP contribution in [0, 0.1) is 0 Å². The third-order valence-corrected chi connectivity index (χ3v) is 3.79. The lowest BCUT2D eigenvalue weighted by Crippen LogP contribution is -2.32. The van der Waals surface area contributed by atoms with Crippen molar-refractivity contribution in [2.24, 2.45) is 4.99 Å². The van der Waals surface area contributed by atoms with E-state index >= 15 is 0 Å². The van der Waals surface area contributed by atoms with E-state index < -0.39 is 11.2 Å². The summed E-state index contributed by atoms with van der Waals surface area (Å²) < 4.78 is 1.16. The van der Waals surface area contributed by atoms with Crippen LogP contribution in [0.3, 0.4) is 0 Å². The van der Waals surface area contributed by atoms with Gasteiger partial charge in [-0.3, -0.25) is 19.3 Å². The van der Waals surface area contributed by atoms with Crippen LogP contribution in [-0.4, -0.2) is 53.0 Å². The highest BCUT2D eigenvalue weighted by Crippen LogP contribution is 2.09. The molecule has 7 nitrogen and oxygen atoms in total. The molecule has 134 valence electrons. The van der Waals surface area contributed by atoms with Gasteiger partial charge in [0.2, 0.25) is 5.88 Å². The second-order valence-corrected chi connectivity index (χ2v) is 6.08. The van der Waals surface area contributed by atoms with E-state index in [-0.39, 0.29) is 18.0 Å². The Morgan fingerprint density at radius 1 is 1.24 bits per heavy atom. The smallest absolute Gasteiger partial charge is 0.331 e. The lowest BCUT2D eigenvalue weighted by Gasteiger charge is -2.10. The van der Waals surface area contributed by atoms with Crippen LogP contribution in [0.25, 0.3) is 0 Å². The van der Waals surface area contributed by atoms with Gasteiger partial charge in [-0.1, -0.05) is 30.3 Å². The molecule has 2 rings (SSSR count). The molecule has 1 aromatic heterocycles. The molecule has 0 saturated carbocycles. The van der Waals surface area contributed by atoms with Gasteiger partial charge in [0.15, 0.2) is 0 Å². The van der Waals surface area contributed by atoms with Gasteiger partial charge in [-0.2, -0.15) is 0 Å². The van der Waals surface area contributed by atoms with Gasteiger partial charge in [-0.05, 0) is 39.0 Å². The van der Waals surface area contributed by atoms with Crippen LogP contribution in [0.5, 0.6) is 5.88 Å². The summed E-state index contributed by atoms with van der Waals surface area (Å²) in [6.45, 7) is 1.70. The summed E-state index contributed by atoms with van der Waals surface area (Å²) in [5, 5.41) is 10.3. The molecule has 0 bridgehead atoms. The van der Waals surface area contributed by atoms with E-state index in [1.165, 1.54) is 6.21 Å². The van der Waals surface area contributed by atoms with Gasteiger partial charge < -0.3 is 10.0 Å². The first-order chi connectivity index (χ1) is 12.0. The minimum Gasteiger partial charge on any atom is -0.494 e. The van der Waals surface area contributed by atoms with Crippen molar-refractivity contribution in [3.8, 4) is 5.88 Å². The maximum absolute atomic E-state index is 12.0.